The number of halogens is 1. The van der Waals surface area contributed by atoms with Gasteiger partial charge in [0.25, 0.3) is 0 Å². The summed E-state index contributed by atoms with van der Waals surface area (Å²) in [6, 6.07) is 7.47. The lowest BCUT2D eigenvalue weighted by atomic mass is 10.00. The van der Waals surface area contributed by atoms with Gasteiger partial charge < -0.3 is 4.74 Å². The number of hydrogen-bond acceptors (Lipinski definition) is 3. The highest BCUT2D eigenvalue weighted by Gasteiger charge is 2.22. The van der Waals surface area contributed by atoms with Gasteiger partial charge in [-0.25, -0.2) is 0 Å². The SMILES string of the molecule is CCOC(=O)C(C)C(=O)Cc1ccc(Br)cc1. The van der Waals surface area contributed by atoms with Crippen LogP contribution in [-0.2, 0) is 20.7 Å². The second-order valence-electron chi connectivity index (χ2n) is 3.74. The summed E-state index contributed by atoms with van der Waals surface area (Å²) < 4.78 is 5.78. The van der Waals surface area contributed by atoms with Gasteiger partial charge in [-0.1, -0.05) is 28.1 Å². The van der Waals surface area contributed by atoms with Crippen LogP contribution in [0.5, 0.6) is 0 Å². The molecule has 0 amide bonds. The minimum Gasteiger partial charge on any atom is -0.465 e. The van der Waals surface area contributed by atoms with E-state index < -0.39 is 11.9 Å². The molecule has 1 aromatic carbocycles. The van der Waals surface area contributed by atoms with Crippen molar-refractivity contribution in [2.75, 3.05) is 6.61 Å². The van der Waals surface area contributed by atoms with Crippen LogP contribution >= 0.6 is 15.9 Å². The molecule has 0 aliphatic rings. The standard InChI is InChI=1S/C13H15BrO3/c1-3-17-13(16)9(2)12(15)8-10-4-6-11(14)7-5-10/h4-7,9H,3,8H2,1-2H3. The molecule has 0 aliphatic heterocycles. The normalized spacial score (nSPS) is 11.9. The monoisotopic (exact) mass is 298 g/mol. The lowest BCUT2D eigenvalue weighted by Crippen LogP contribution is -2.24. The number of carbonyl (C=O) groups is 2. The zero-order valence-corrected chi connectivity index (χ0v) is 11.5. The Balaban J connectivity index is 2.59. The second kappa shape index (κ2) is 6.55. The molecule has 0 aliphatic carbocycles. The molecule has 1 unspecified atom stereocenters. The maximum Gasteiger partial charge on any atom is 0.316 e. The van der Waals surface area contributed by atoms with E-state index in [1.807, 2.05) is 24.3 Å². The second-order valence-corrected chi connectivity index (χ2v) is 4.66. The number of ketones is 1. The van der Waals surface area contributed by atoms with Gasteiger partial charge in [-0.2, -0.15) is 0 Å². The Morgan fingerprint density at radius 2 is 1.88 bits per heavy atom. The van der Waals surface area contributed by atoms with Crippen LogP contribution in [0.25, 0.3) is 0 Å². The molecule has 0 spiro atoms. The van der Waals surface area contributed by atoms with Crippen molar-refractivity contribution in [1.29, 1.82) is 0 Å². The van der Waals surface area contributed by atoms with E-state index in [4.69, 9.17) is 4.74 Å². The van der Waals surface area contributed by atoms with Crippen LogP contribution in [0.4, 0.5) is 0 Å². The topological polar surface area (TPSA) is 43.4 Å². The number of carbonyl (C=O) groups excluding carboxylic acids is 2. The Labute approximate surface area is 109 Å². The van der Waals surface area contributed by atoms with Gasteiger partial charge in [0.05, 0.1) is 6.61 Å². The highest BCUT2D eigenvalue weighted by atomic mass is 79.9. The lowest BCUT2D eigenvalue weighted by Gasteiger charge is -2.09. The van der Waals surface area contributed by atoms with E-state index in [2.05, 4.69) is 15.9 Å². The summed E-state index contributed by atoms with van der Waals surface area (Å²) >= 11 is 3.33. The van der Waals surface area contributed by atoms with Gasteiger partial charge in [-0.3, -0.25) is 9.59 Å². The summed E-state index contributed by atoms with van der Waals surface area (Å²) in [7, 11) is 0. The summed E-state index contributed by atoms with van der Waals surface area (Å²) in [6.07, 6.45) is 0.257. The van der Waals surface area contributed by atoms with Crippen LogP contribution in [0.15, 0.2) is 28.7 Å². The quantitative estimate of drug-likeness (QED) is 0.620. The van der Waals surface area contributed by atoms with E-state index in [1.54, 1.807) is 13.8 Å². The van der Waals surface area contributed by atoms with Crippen molar-refractivity contribution in [3.05, 3.63) is 34.3 Å². The number of rotatable bonds is 5. The summed E-state index contributed by atoms with van der Waals surface area (Å²) in [6.45, 7) is 3.61. The number of hydrogen-bond donors (Lipinski definition) is 0. The van der Waals surface area contributed by atoms with Gasteiger partial charge in [0.1, 0.15) is 5.92 Å². The minimum atomic E-state index is -0.696. The first-order valence-corrected chi connectivity index (χ1v) is 6.27. The minimum absolute atomic E-state index is 0.120. The molecule has 1 rings (SSSR count). The third-order valence-corrected chi connectivity index (χ3v) is 2.94. The fourth-order valence-electron chi connectivity index (χ4n) is 1.36. The fourth-order valence-corrected chi connectivity index (χ4v) is 1.62. The first-order valence-electron chi connectivity index (χ1n) is 5.48. The van der Waals surface area contributed by atoms with Crippen molar-refractivity contribution in [1.82, 2.24) is 0 Å². The molecule has 0 N–H and O–H groups in total. The van der Waals surface area contributed by atoms with E-state index in [0.717, 1.165) is 10.0 Å². The molecule has 0 fully saturated rings. The van der Waals surface area contributed by atoms with Gasteiger partial charge >= 0.3 is 5.97 Å². The molecule has 0 bridgehead atoms. The lowest BCUT2D eigenvalue weighted by molar-refractivity contribution is -0.150. The third kappa shape index (κ3) is 4.30. The average Bonchev–Trinajstić information content (AvgIpc) is 2.31. The van der Waals surface area contributed by atoms with E-state index in [1.165, 1.54) is 0 Å². The Morgan fingerprint density at radius 3 is 2.41 bits per heavy atom. The third-order valence-electron chi connectivity index (χ3n) is 2.41. The van der Waals surface area contributed by atoms with Crippen LogP contribution in [0.3, 0.4) is 0 Å². The predicted octanol–water partition coefficient (Wildman–Crippen LogP) is 2.76. The molecule has 92 valence electrons. The average molecular weight is 299 g/mol. The molecule has 0 saturated carbocycles. The Morgan fingerprint density at radius 1 is 1.29 bits per heavy atom. The number of esters is 1. The summed E-state index contributed by atoms with van der Waals surface area (Å²) in [5.41, 5.74) is 0.898. The number of Topliss-reactive ketones (excluding diaryl/α,β-unsaturated/α-hetero) is 1. The molecule has 0 radical (unpaired) electrons. The van der Waals surface area contributed by atoms with Crippen LogP contribution in [-0.4, -0.2) is 18.4 Å². The highest BCUT2D eigenvalue weighted by molar-refractivity contribution is 9.10. The van der Waals surface area contributed by atoms with Crippen LogP contribution in [0, 0.1) is 5.92 Å². The largest absolute Gasteiger partial charge is 0.465 e. The van der Waals surface area contributed by atoms with E-state index >= 15 is 0 Å². The molecule has 17 heavy (non-hydrogen) atoms. The maximum absolute atomic E-state index is 11.8. The van der Waals surface area contributed by atoms with Gasteiger partial charge in [0.2, 0.25) is 0 Å². The first kappa shape index (κ1) is 13.9. The van der Waals surface area contributed by atoms with E-state index in [9.17, 15) is 9.59 Å². The van der Waals surface area contributed by atoms with E-state index in [0.29, 0.717) is 6.61 Å². The summed E-state index contributed by atoms with van der Waals surface area (Å²) in [5.74, 6) is -1.26. The molecule has 3 nitrogen and oxygen atoms in total. The van der Waals surface area contributed by atoms with Crippen LogP contribution in [0.1, 0.15) is 19.4 Å². The number of ether oxygens (including phenoxy) is 1. The maximum atomic E-state index is 11.8. The first-order chi connectivity index (χ1) is 8.04. The molecule has 0 heterocycles. The predicted molar refractivity (Wildman–Crippen MR) is 68.7 cm³/mol. The zero-order chi connectivity index (χ0) is 12.8. The molecule has 1 atom stereocenters. The van der Waals surface area contributed by atoms with Crippen LogP contribution < -0.4 is 0 Å². The van der Waals surface area contributed by atoms with Crippen molar-refractivity contribution in [2.24, 2.45) is 5.92 Å². The molecule has 4 heteroatoms. The molecular weight excluding hydrogens is 284 g/mol. The highest BCUT2D eigenvalue weighted by Crippen LogP contribution is 2.13. The van der Waals surface area contributed by atoms with Crippen molar-refractivity contribution in [3.8, 4) is 0 Å². The van der Waals surface area contributed by atoms with Crippen molar-refractivity contribution < 1.29 is 14.3 Å². The summed E-state index contributed by atoms with van der Waals surface area (Å²) in [4.78, 5) is 23.2. The fraction of sp³-hybridized carbons (Fsp3) is 0.385. The molecule has 0 saturated heterocycles. The van der Waals surface area contributed by atoms with Gasteiger partial charge in [0.15, 0.2) is 5.78 Å². The summed E-state index contributed by atoms with van der Waals surface area (Å²) in [5, 5.41) is 0. The van der Waals surface area contributed by atoms with Gasteiger partial charge in [0, 0.05) is 10.9 Å². The van der Waals surface area contributed by atoms with Crippen molar-refractivity contribution in [3.63, 3.8) is 0 Å². The van der Waals surface area contributed by atoms with Crippen molar-refractivity contribution >= 4 is 27.7 Å². The van der Waals surface area contributed by atoms with Gasteiger partial charge in [-0.05, 0) is 31.5 Å². The van der Waals surface area contributed by atoms with Gasteiger partial charge in [-0.15, -0.1) is 0 Å². The molecule has 0 aromatic heterocycles. The Kier molecular flexibility index (Phi) is 5.35. The number of benzene rings is 1. The molecular formula is C13H15BrO3. The zero-order valence-electron chi connectivity index (χ0n) is 9.90. The van der Waals surface area contributed by atoms with E-state index in [-0.39, 0.29) is 12.2 Å². The Bertz CT molecular complexity index is 398. The smallest absolute Gasteiger partial charge is 0.316 e. The van der Waals surface area contributed by atoms with Crippen LogP contribution in [0.2, 0.25) is 0 Å². The Hall–Kier alpha value is -1.16. The molecule has 1 aromatic rings. The van der Waals surface area contributed by atoms with Crippen molar-refractivity contribution in [2.45, 2.75) is 20.3 Å².